The Morgan fingerprint density at radius 2 is 1.44 bits per heavy atom. The van der Waals surface area contributed by atoms with Crippen LogP contribution in [0.2, 0.25) is 0 Å². The van der Waals surface area contributed by atoms with Crippen LogP contribution in [0.3, 0.4) is 0 Å². The molecule has 2 aromatic carbocycles. The summed E-state index contributed by atoms with van der Waals surface area (Å²) in [6.07, 6.45) is 1.89. The van der Waals surface area contributed by atoms with E-state index in [4.69, 9.17) is 4.74 Å². The zero-order valence-corrected chi connectivity index (χ0v) is 15.0. The van der Waals surface area contributed by atoms with Crippen molar-refractivity contribution in [2.75, 3.05) is 32.8 Å². The lowest BCUT2D eigenvalue weighted by molar-refractivity contribution is 0.0535. The maximum absolute atomic E-state index is 13.0. The lowest BCUT2D eigenvalue weighted by Crippen LogP contribution is -2.50. The summed E-state index contributed by atoms with van der Waals surface area (Å²) < 4.78 is 18.6. The van der Waals surface area contributed by atoms with Gasteiger partial charge in [-0.1, -0.05) is 0 Å². The quantitative estimate of drug-likeness (QED) is 0.819. The second-order valence-electron chi connectivity index (χ2n) is 6.87. The van der Waals surface area contributed by atoms with Gasteiger partial charge in [-0.25, -0.2) is 4.39 Å². The third-order valence-electron chi connectivity index (χ3n) is 5.10. The van der Waals surface area contributed by atoms with Crippen molar-refractivity contribution in [3.05, 3.63) is 65.0 Å². The van der Waals surface area contributed by atoms with Crippen molar-refractivity contribution >= 4 is 11.8 Å². The summed E-state index contributed by atoms with van der Waals surface area (Å²) in [4.78, 5) is 28.8. The van der Waals surface area contributed by atoms with Gasteiger partial charge >= 0.3 is 0 Å². The molecule has 2 aliphatic rings. The van der Waals surface area contributed by atoms with Gasteiger partial charge < -0.3 is 14.5 Å². The van der Waals surface area contributed by atoms with Gasteiger partial charge in [-0.2, -0.15) is 0 Å². The zero-order chi connectivity index (χ0) is 18.8. The van der Waals surface area contributed by atoms with Crippen LogP contribution < -0.4 is 4.74 Å². The lowest BCUT2D eigenvalue weighted by atomic mass is 10.0. The number of carbonyl (C=O) groups is 2. The predicted octanol–water partition coefficient (Wildman–Crippen LogP) is 2.75. The molecule has 2 aliphatic heterocycles. The second-order valence-corrected chi connectivity index (χ2v) is 6.87. The minimum Gasteiger partial charge on any atom is -0.493 e. The number of halogens is 1. The van der Waals surface area contributed by atoms with Crippen LogP contribution in [0, 0.1) is 5.82 Å². The maximum atomic E-state index is 13.0. The van der Waals surface area contributed by atoms with Crippen LogP contribution in [0.1, 0.15) is 32.7 Å². The van der Waals surface area contributed by atoms with Crippen LogP contribution in [-0.2, 0) is 6.42 Å². The Morgan fingerprint density at radius 3 is 2.11 bits per heavy atom. The summed E-state index contributed by atoms with van der Waals surface area (Å²) in [5, 5.41) is 0. The lowest BCUT2D eigenvalue weighted by Gasteiger charge is -2.35. The molecule has 27 heavy (non-hydrogen) atoms. The Bertz CT molecular complexity index is 858. The Morgan fingerprint density at radius 1 is 0.852 bits per heavy atom. The molecule has 2 heterocycles. The first-order chi connectivity index (χ1) is 13.1. The van der Waals surface area contributed by atoms with Gasteiger partial charge in [0.05, 0.1) is 6.61 Å². The third-order valence-corrected chi connectivity index (χ3v) is 5.10. The molecule has 0 radical (unpaired) electrons. The van der Waals surface area contributed by atoms with Gasteiger partial charge in [-0.3, -0.25) is 9.59 Å². The molecule has 0 spiro atoms. The molecule has 0 aromatic heterocycles. The van der Waals surface area contributed by atoms with Gasteiger partial charge in [0, 0.05) is 37.3 Å². The first kappa shape index (κ1) is 17.5. The van der Waals surface area contributed by atoms with E-state index in [2.05, 4.69) is 0 Å². The maximum Gasteiger partial charge on any atom is 0.253 e. The number of benzene rings is 2. The van der Waals surface area contributed by atoms with Crippen LogP contribution in [0.25, 0.3) is 0 Å². The molecule has 140 valence electrons. The smallest absolute Gasteiger partial charge is 0.253 e. The molecule has 2 aromatic rings. The van der Waals surface area contributed by atoms with E-state index in [-0.39, 0.29) is 17.6 Å². The summed E-state index contributed by atoms with van der Waals surface area (Å²) >= 11 is 0. The molecule has 1 fully saturated rings. The molecular formula is C21H21FN2O3. The highest BCUT2D eigenvalue weighted by atomic mass is 19.1. The van der Waals surface area contributed by atoms with Gasteiger partial charge in [-0.05, 0) is 60.9 Å². The number of hydrogen-bond donors (Lipinski definition) is 0. The summed E-state index contributed by atoms with van der Waals surface area (Å²) in [6.45, 7) is 2.63. The van der Waals surface area contributed by atoms with Crippen molar-refractivity contribution in [2.24, 2.45) is 0 Å². The molecule has 0 N–H and O–H groups in total. The minimum atomic E-state index is -0.364. The van der Waals surface area contributed by atoms with E-state index in [1.54, 1.807) is 9.80 Å². The van der Waals surface area contributed by atoms with Crippen molar-refractivity contribution in [1.82, 2.24) is 9.80 Å². The van der Waals surface area contributed by atoms with Gasteiger partial charge in [0.15, 0.2) is 0 Å². The zero-order valence-electron chi connectivity index (χ0n) is 15.0. The highest BCUT2D eigenvalue weighted by Crippen LogP contribution is 2.26. The van der Waals surface area contributed by atoms with E-state index in [0.717, 1.165) is 30.8 Å². The second kappa shape index (κ2) is 7.39. The fraction of sp³-hybridized carbons (Fsp3) is 0.333. The Balaban J connectivity index is 1.39. The molecular weight excluding hydrogens is 347 g/mol. The number of aryl methyl sites for hydroxylation is 1. The van der Waals surface area contributed by atoms with E-state index in [1.165, 1.54) is 24.3 Å². The third kappa shape index (κ3) is 3.65. The van der Waals surface area contributed by atoms with Gasteiger partial charge in [0.1, 0.15) is 11.6 Å². The molecule has 6 heteroatoms. The van der Waals surface area contributed by atoms with E-state index in [0.29, 0.717) is 37.3 Å². The summed E-state index contributed by atoms with van der Waals surface area (Å²) in [5.74, 6) is 0.357. The average Bonchev–Trinajstić information content (AvgIpc) is 2.73. The first-order valence-electron chi connectivity index (χ1n) is 9.22. The molecule has 0 aliphatic carbocycles. The normalized spacial score (nSPS) is 16.5. The van der Waals surface area contributed by atoms with Crippen LogP contribution in [0.5, 0.6) is 5.75 Å². The van der Waals surface area contributed by atoms with Gasteiger partial charge in [-0.15, -0.1) is 0 Å². The van der Waals surface area contributed by atoms with Crippen molar-refractivity contribution in [2.45, 2.75) is 12.8 Å². The Hall–Kier alpha value is -2.89. The number of fused-ring (bicyclic) bond motifs is 1. The first-order valence-corrected chi connectivity index (χ1v) is 9.22. The summed E-state index contributed by atoms with van der Waals surface area (Å²) in [5.41, 5.74) is 2.21. The number of nitrogens with zero attached hydrogens (tertiary/aromatic N) is 2. The van der Waals surface area contributed by atoms with Crippen molar-refractivity contribution in [3.63, 3.8) is 0 Å². The summed E-state index contributed by atoms with van der Waals surface area (Å²) in [7, 11) is 0. The largest absolute Gasteiger partial charge is 0.493 e. The van der Waals surface area contributed by atoms with Crippen LogP contribution in [0.15, 0.2) is 42.5 Å². The topological polar surface area (TPSA) is 49.9 Å². The minimum absolute atomic E-state index is 0.0164. The number of piperazine rings is 1. The number of amides is 2. The van der Waals surface area contributed by atoms with Gasteiger partial charge in [0.2, 0.25) is 0 Å². The van der Waals surface area contributed by atoms with Crippen LogP contribution in [0.4, 0.5) is 4.39 Å². The highest BCUT2D eigenvalue weighted by Gasteiger charge is 2.26. The Kier molecular flexibility index (Phi) is 4.79. The molecule has 2 amide bonds. The number of hydrogen-bond acceptors (Lipinski definition) is 3. The average molecular weight is 368 g/mol. The predicted molar refractivity (Wildman–Crippen MR) is 98.5 cm³/mol. The van der Waals surface area contributed by atoms with Crippen molar-refractivity contribution < 1.29 is 18.7 Å². The fourth-order valence-electron chi connectivity index (χ4n) is 3.56. The number of carbonyl (C=O) groups excluding carboxylic acids is 2. The van der Waals surface area contributed by atoms with Gasteiger partial charge in [0.25, 0.3) is 11.8 Å². The van der Waals surface area contributed by atoms with E-state index >= 15 is 0 Å². The standard InChI is InChI=1S/C21H21FN2O3/c22-18-6-3-15(4-7-18)20(25)23-9-11-24(12-10-23)21(26)17-5-8-19-16(14-17)2-1-13-27-19/h3-8,14H,1-2,9-13H2. The Labute approximate surface area is 157 Å². The van der Waals surface area contributed by atoms with Crippen LogP contribution >= 0.6 is 0 Å². The highest BCUT2D eigenvalue weighted by molar-refractivity contribution is 5.96. The van der Waals surface area contributed by atoms with E-state index in [9.17, 15) is 14.0 Å². The molecule has 0 bridgehead atoms. The summed E-state index contributed by atoms with van der Waals surface area (Å²) in [6, 6.07) is 11.2. The molecule has 1 saturated heterocycles. The van der Waals surface area contributed by atoms with E-state index < -0.39 is 0 Å². The van der Waals surface area contributed by atoms with Crippen molar-refractivity contribution in [3.8, 4) is 5.75 Å². The molecule has 5 nitrogen and oxygen atoms in total. The monoisotopic (exact) mass is 368 g/mol. The molecule has 0 atom stereocenters. The fourth-order valence-corrected chi connectivity index (χ4v) is 3.56. The van der Waals surface area contributed by atoms with Crippen molar-refractivity contribution in [1.29, 1.82) is 0 Å². The molecule has 4 rings (SSSR count). The SMILES string of the molecule is O=C(c1ccc(F)cc1)N1CCN(C(=O)c2ccc3c(c2)CCCO3)CC1. The number of ether oxygens (including phenoxy) is 1. The molecule has 0 unspecified atom stereocenters. The van der Waals surface area contributed by atoms with E-state index in [1.807, 2.05) is 18.2 Å². The number of rotatable bonds is 2. The molecule has 0 saturated carbocycles. The van der Waals surface area contributed by atoms with Crippen LogP contribution in [-0.4, -0.2) is 54.4 Å².